The van der Waals surface area contributed by atoms with Gasteiger partial charge in [-0.15, -0.1) is 5.10 Å². The molecular formula is C21H16ClF3N6O. The number of alkyl halides is 3. The zero-order valence-electron chi connectivity index (χ0n) is 16.6. The number of anilines is 1. The lowest BCUT2D eigenvalue weighted by molar-refractivity contribution is -0.141. The molecule has 0 N–H and O–H groups in total. The van der Waals surface area contributed by atoms with Crippen LogP contribution in [-0.2, 0) is 12.7 Å². The average Bonchev–Trinajstić information content (AvgIpc) is 3.03. The fourth-order valence-corrected chi connectivity index (χ4v) is 3.73. The van der Waals surface area contributed by atoms with Gasteiger partial charge >= 0.3 is 11.9 Å². The van der Waals surface area contributed by atoms with Gasteiger partial charge in [0.1, 0.15) is 5.69 Å². The first kappa shape index (κ1) is 20.5. The van der Waals surface area contributed by atoms with E-state index in [1.54, 1.807) is 18.3 Å². The summed E-state index contributed by atoms with van der Waals surface area (Å²) in [5.41, 5.74) is 1.84. The van der Waals surface area contributed by atoms with Crippen LogP contribution in [0.3, 0.4) is 0 Å². The van der Waals surface area contributed by atoms with Crippen molar-refractivity contribution in [3.63, 3.8) is 0 Å². The predicted octanol–water partition coefficient (Wildman–Crippen LogP) is 3.88. The van der Waals surface area contributed by atoms with Gasteiger partial charge in [-0.2, -0.15) is 22.8 Å². The van der Waals surface area contributed by atoms with E-state index in [2.05, 4.69) is 20.1 Å². The molecule has 11 heteroatoms. The van der Waals surface area contributed by atoms with Crippen molar-refractivity contribution in [3.8, 4) is 11.1 Å². The molecule has 0 amide bonds. The summed E-state index contributed by atoms with van der Waals surface area (Å²) < 4.78 is 40.7. The maximum atomic E-state index is 12.9. The van der Waals surface area contributed by atoms with E-state index in [9.17, 15) is 18.0 Å². The Morgan fingerprint density at radius 2 is 1.78 bits per heavy atom. The van der Waals surface area contributed by atoms with Crippen LogP contribution in [0.25, 0.3) is 16.8 Å². The van der Waals surface area contributed by atoms with Gasteiger partial charge in [0.15, 0.2) is 0 Å². The largest absolute Gasteiger partial charge is 0.433 e. The van der Waals surface area contributed by atoms with Gasteiger partial charge in [-0.3, -0.25) is 4.98 Å². The first-order valence-corrected chi connectivity index (χ1v) is 10.2. The maximum Gasteiger partial charge on any atom is 0.433 e. The Labute approximate surface area is 184 Å². The summed E-state index contributed by atoms with van der Waals surface area (Å²) in [5.74, 6) is 0. The molecule has 1 aliphatic heterocycles. The summed E-state index contributed by atoms with van der Waals surface area (Å²) in [7, 11) is 0. The highest BCUT2D eigenvalue weighted by atomic mass is 35.5. The number of benzene rings is 1. The number of pyridine rings is 1. The molecule has 1 saturated heterocycles. The highest BCUT2D eigenvalue weighted by Crippen LogP contribution is 2.35. The van der Waals surface area contributed by atoms with Gasteiger partial charge in [-0.05, 0) is 35.7 Å². The Hall–Kier alpha value is -3.40. The van der Waals surface area contributed by atoms with E-state index in [4.69, 9.17) is 11.6 Å². The number of aromatic nitrogens is 5. The minimum absolute atomic E-state index is 0.0248. The SMILES string of the molecule is O=c1n(Cc2ccc(C(F)(F)F)nc2)nc2c(N3CCC3)c(-c3ccc(Cl)cc3)cnn12. The second kappa shape index (κ2) is 7.63. The second-order valence-electron chi connectivity index (χ2n) is 7.48. The van der Waals surface area contributed by atoms with E-state index in [1.165, 1.54) is 15.3 Å². The molecule has 5 rings (SSSR count). The highest BCUT2D eigenvalue weighted by Gasteiger charge is 2.32. The van der Waals surface area contributed by atoms with Crippen LogP contribution in [0, 0.1) is 0 Å². The van der Waals surface area contributed by atoms with Crippen molar-refractivity contribution in [1.29, 1.82) is 0 Å². The molecule has 4 heterocycles. The molecule has 0 bridgehead atoms. The molecule has 7 nitrogen and oxygen atoms in total. The molecule has 0 unspecified atom stereocenters. The van der Waals surface area contributed by atoms with Crippen LogP contribution in [0.5, 0.6) is 0 Å². The number of fused-ring (bicyclic) bond motifs is 1. The van der Waals surface area contributed by atoms with Crippen molar-refractivity contribution >= 4 is 22.9 Å². The lowest BCUT2D eigenvalue weighted by atomic mass is 10.0. The highest BCUT2D eigenvalue weighted by molar-refractivity contribution is 6.30. The normalized spacial score (nSPS) is 14.1. The van der Waals surface area contributed by atoms with Crippen molar-refractivity contribution in [2.45, 2.75) is 19.1 Å². The van der Waals surface area contributed by atoms with Gasteiger partial charge in [0.25, 0.3) is 0 Å². The third-order valence-electron chi connectivity index (χ3n) is 5.36. The average molecular weight is 461 g/mol. The van der Waals surface area contributed by atoms with Crippen molar-refractivity contribution < 1.29 is 13.2 Å². The summed E-state index contributed by atoms with van der Waals surface area (Å²) in [6.07, 6.45) is -0.775. The standard InChI is InChI=1S/C21H16ClF3N6O/c22-15-5-3-14(4-6-15)16-11-27-31-19(18(16)29-8-1-9-29)28-30(20(31)32)12-13-2-7-17(26-10-13)21(23,24)25/h2-7,10-11H,1,8-9,12H2. The number of hydrogen-bond acceptors (Lipinski definition) is 5. The van der Waals surface area contributed by atoms with Crippen LogP contribution in [0.1, 0.15) is 17.7 Å². The molecule has 3 aromatic heterocycles. The molecule has 1 fully saturated rings. The summed E-state index contributed by atoms with van der Waals surface area (Å²) >= 11 is 6.02. The molecule has 0 spiro atoms. The van der Waals surface area contributed by atoms with Crippen molar-refractivity contribution in [1.82, 2.24) is 24.4 Å². The van der Waals surface area contributed by atoms with Crippen LogP contribution in [0.2, 0.25) is 5.02 Å². The van der Waals surface area contributed by atoms with Gasteiger partial charge in [0, 0.05) is 29.9 Å². The lowest BCUT2D eigenvalue weighted by Gasteiger charge is -2.34. The fraction of sp³-hybridized carbons (Fsp3) is 0.238. The van der Waals surface area contributed by atoms with E-state index >= 15 is 0 Å². The number of hydrogen-bond donors (Lipinski definition) is 0. The molecule has 164 valence electrons. The molecule has 0 radical (unpaired) electrons. The van der Waals surface area contributed by atoms with Crippen molar-refractivity contribution in [2.75, 3.05) is 18.0 Å². The molecular weight excluding hydrogens is 445 g/mol. The molecule has 4 aromatic rings. The van der Waals surface area contributed by atoms with Crippen LogP contribution in [-0.4, -0.2) is 37.5 Å². The molecule has 0 aliphatic carbocycles. The first-order chi connectivity index (χ1) is 15.3. The molecule has 0 atom stereocenters. The van der Waals surface area contributed by atoms with E-state index in [0.29, 0.717) is 16.2 Å². The summed E-state index contributed by atoms with van der Waals surface area (Å²) in [5, 5.41) is 9.37. The minimum Gasteiger partial charge on any atom is -0.368 e. The topological polar surface area (TPSA) is 68.3 Å². The molecule has 0 saturated carbocycles. The predicted molar refractivity (Wildman–Crippen MR) is 113 cm³/mol. The van der Waals surface area contributed by atoms with Gasteiger partial charge in [0.05, 0.1) is 18.4 Å². The van der Waals surface area contributed by atoms with Crippen molar-refractivity contribution in [2.24, 2.45) is 0 Å². The zero-order chi connectivity index (χ0) is 22.5. The molecule has 32 heavy (non-hydrogen) atoms. The Bertz CT molecular complexity index is 1340. The zero-order valence-corrected chi connectivity index (χ0v) is 17.3. The number of halogens is 4. The van der Waals surface area contributed by atoms with Gasteiger partial charge in [0.2, 0.25) is 5.65 Å². The van der Waals surface area contributed by atoms with E-state index < -0.39 is 17.6 Å². The van der Waals surface area contributed by atoms with Crippen LogP contribution >= 0.6 is 11.6 Å². The van der Waals surface area contributed by atoms with Gasteiger partial charge in [-0.25, -0.2) is 9.48 Å². The summed E-state index contributed by atoms with van der Waals surface area (Å²) in [6, 6.07) is 9.49. The maximum absolute atomic E-state index is 12.9. The third kappa shape index (κ3) is 3.60. The fourth-order valence-electron chi connectivity index (χ4n) is 3.60. The Morgan fingerprint density at radius 3 is 2.38 bits per heavy atom. The van der Waals surface area contributed by atoms with Gasteiger partial charge in [-0.1, -0.05) is 29.8 Å². The summed E-state index contributed by atoms with van der Waals surface area (Å²) in [6.45, 7) is 1.62. The van der Waals surface area contributed by atoms with E-state index in [1.807, 2.05) is 12.1 Å². The Kier molecular flexibility index (Phi) is 4.89. The van der Waals surface area contributed by atoms with Crippen LogP contribution < -0.4 is 10.6 Å². The monoisotopic (exact) mass is 460 g/mol. The van der Waals surface area contributed by atoms with E-state index in [-0.39, 0.29) is 6.54 Å². The molecule has 1 aliphatic rings. The van der Waals surface area contributed by atoms with E-state index in [0.717, 1.165) is 48.6 Å². The third-order valence-corrected chi connectivity index (χ3v) is 5.61. The van der Waals surface area contributed by atoms with Gasteiger partial charge < -0.3 is 4.90 Å². The van der Waals surface area contributed by atoms with Crippen molar-refractivity contribution in [3.05, 3.63) is 75.6 Å². The van der Waals surface area contributed by atoms with Crippen LogP contribution in [0.4, 0.5) is 18.9 Å². The summed E-state index contributed by atoms with van der Waals surface area (Å²) in [4.78, 5) is 18.5. The minimum atomic E-state index is -4.52. The lowest BCUT2D eigenvalue weighted by Crippen LogP contribution is -2.38. The first-order valence-electron chi connectivity index (χ1n) is 9.83. The quantitative estimate of drug-likeness (QED) is 0.462. The Balaban J connectivity index is 1.58. The molecule has 1 aromatic carbocycles. The second-order valence-corrected chi connectivity index (χ2v) is 7.92. The number of rotatable bonds is 4. The Morgan fingerprint density at radius 1 is 1.03 bits per heavy atom. The number of nitrogens with zero attached hydrogens (tertiary/aromatic N) is 6. The smallest absolute Gasteiger partial charge is 0.368 e. The van der Waals surface area contributed by atoms with Crippen LogP contribution in [0.15, 0.2) is 53.6 Å².